The predicted octanol–water partition coefficient (Wildman–Crippen LogP) is 0.867. The predicted molar refractivity (Wildman–Crippen MR) is 44.0 cm³/mol. The Morgan fingerprint density at radius 3 is 2.67 bits per heavy atom. The highest BCUT2D eigenvalue weighted by Crippen LogP contribution is 2.41. The van der Waals surface area contributed by atoms with E-state index in [9.17, 15) is 18.3 Å². The number of ether oxygens (including phenoxy) is 1. The molecule has 0 saturated carbocycles. The molecule has 0 fully saturated rings. The van der Waals surface area contributed by atoms with Crippen LogP contribution in [0.3, 0.4) is 0 Å². The van der Waals surface area contributed by atoms with Crippen molar-refractivity contribution in [1.82, 2.24) is 0 Å². The Bertz CT molecular complexity index is 310. The molecular weight excluding hydrogens is 213 g/mol. The van der Waals surface area contributed by atoms with Crippen LogP contribution in [0.25, 0.3) is 0 Å². The van der Waals surface area contributed by atoms with Gasteiger partial charge in [-0.05, 0) is 0 Å². The summed E-state index contributed by atoms with van der Waals surface area (Å²) >= 11 is 0. The molecule has 3 atom stereocenters. The van der Waals surface area contributed by atoms with E-state index in [1.807, 2.05) is 0 Å². The van der Waals surface area contributed by atoms with Crippen LogP contribution in [0.2, 0.25) is 0 Å². The van der Waals surface area contributed by atoms with Gasteiger partial charge in [0.15, 0.2) is 11.8 Å². The number of aliphatic imine (C=N–C) groups is 1. The molecule has 0 saturated heterocycles. The minimum atomic E-state index is -4.88. The molecule has 0 amide bonds. The molecule has 84 valence electrons. The number of aliphatic hydroxyl groups is 1. The summed E-state index contributed by atoms with van der Waals surface area (Å²) in [6.07, 6.45) is -5.93. The lowest BCUT2D eigenvalue weighted by molar-refractivity contribution is -0.276. The summed E-state index contributed by atoms with van der Waals surface area (Å²) in [5, 5.41) is 18.0. The minimum Gasteiger partial charge on any atom is -0.379 e. The molecule has 3 unspecified atom stereocenters. The van der Waals surface area contributed by atoms with E-state index in [-0.39, 0.29) is 0 Å². The van der Waals surface area contributed by atoms with Crippen LogP contribution >= 0.6 is 0 Å². The van der Waals surface area contributed by atoms with Crippen LogP contribution in [0.15, 0.2) is 4.99 Å². The van der Waals surface area contributed by atoms with Crippen molar-refractivity contribution in [3.8, 4) is 6.07 Å². The van der Waals surface area contributed by atoms with Gasteiger partial charge in [-0.1, -0.05) is 0 Å². The van der Waals surface area contributed by atoms with Crippen molar-refractivity contribution in [2.75, 3.05) is 7.11 Å². The van der Waals surface area contributed by atoms with Crippen LogP contribution in [0.4, 0.5) is 13.2 Å². The average molecular weight is 222 g/mol. The summed E-state index contributed by atoms with van der Waals surface area (Å²) < 4.78 is 42.3. The van der Waals surface area contributed by atoms with Gasteiger partial charge in [-0.25, -0.2) is 0 Å². The Morgan fingerprint density at radius 2 is 2.27 bits per heavy atom. The molecular formula is C8H9F3N2O2. The topological polar surface area (TPSA) is 65.6 Å². The van der Waals surface area contributed by atoms with Gasteiger partial charge in [0.05, 0.1) is 6.07 Å². The van der Waals surface area contributed by atoms with Crippen molar-refractivity contribution in [1.29, 1.82) is 5.26 Å². The molecule has 1 rings (SSSR count). The molecule has 4 nitrogen and oxygen atoms in total. The van der Waals surface area contributed by atoms with Gasteiger partial charge < -0.3 is 9.84 Å². The van der Waals surface area contributed by atoms with Gasteiger partial charge in [0.25, 0.3) is 0 Å². The van der Waals surface area contributed by atoms with E-state index in [0.29, 0.717) is 0 Å². The second kappa shape index (κ2) is 3.79. The maximum absolute atomic E-state index is 12.6. The van der Waals surface area contributed by atoms with Crippen LogP contribution in [0.5, 0.6) is 0 Å². The van der Waals surface area contributed by atoms with Crippen molar-refractivity contribution in [3.05, 3.63) is 0 Å². The van der Waals surface area contributed by atoms with Crippen molar-refractivity contribution in [2.24, 2.45) is 10.9 Å². The molecule has 0 radical (unpaired) electrons. The zero-order chi connectivity index (χ0) is 11.7. The van der Waals surface area contributed by atoms with E-state index in [2.05, 4.69) is 9.73 Å². The van der Waals surface area contributed by atoms with Gasteiger partial charge in [0.2, 0.25) is 0 Å². The highest BCUT2D eigenvalue weighted by molar-refractivity contribution is 5.67. The van der Waals surface area contributed by atoms with E-state index >= 15 is 0 Å². The lowest BCUT2D eigenvalue weighted by Crippen LogP contribution is -2.55. The Morgan fingerprint density at radius 1 is 1.67 bits per heavy atom. The highest BCUT2D eigenvalue weighted by atomic mass is 19.4. The number of rotatable bonds is 1. The third kappa shape index (κ3) is 1.96. The molecule has 1 N–H and O–H groups in total. The summed E-state index contributed by atoms with van der Waals surface area (Å²) in [5.41, 5.74) is -3.08. The maximum atomic E-state index is 12.6. The molecule has 0 aliphatic carbocycles. The van der Waals surface area contributed by atoms with Crippen molar-refractivity contribution >= 4 is 6.21 Å². The number of nitriles is 1. The van der Waals surface area contributed by atoms with Crippen LogP contribution in [-0.2, 0) is 4.74 Å². The van der Waals surface area contributed by atoms with Crippen molar-refractivity contribution in [3.63, 3.8) is 0 Å². The van der Waals surface area contributed by atoms with Gasteiger partial charge in [-0.15, -0.1) is 0 Å². The molecule has 7 heteroatoms. The van der Waals surface area contributed by atoms with E-state index in [0.717, 1.165) is 6.21 Å². The number of alkyl halides is 3. The Labute approximate surface area is 84.0 Å². The van der Waals surface area contributed by atoms with Gasteiger partial charge in [0.1, 0.15) is 5.92 Å². The third-order valence-electron chi connectivity index (χ3n) is 2.30. The SMILES string of the molecule is COC1CC(O)(C(F)(F)F)C(C#N)C=N1. The fourth-order valence-corrected chi connectivity index (χ4v) is 1.33. The number of hydrogen-bond donors (Lipinski definition) is 1. The zero-order valence-corrected chi connectivity index (χ0v) is 7.82. The first kappa shape index (κ1) is 11.9. The van der Waals surface area contributed by atoms with Crippen LogP contribution in [0, 0.1) is 17.2 Å². The van der Waals surface area contributed by atoms with Gasteiger partial charge in [-0.2, -0.15) is 18.4 Å². The lowest BCUT2D eigenvalue weighted by Gasteiger charge is -2.36. The van der Waals surface area contributed by atoms with Crippen molar-refractivity contribution < 1.29 is 23.0 Å². The zero-order valence-electron chi connectivity index (χ0n) is 7.82. The molecule has 1 heterocycles. The Hall–Kier alpha value is -1.13. The average Bonchev–Trinajstić information content (AvgIpc) is 2.16. The number of nitrogens with zero attached hydrogens (tertiary/aromatic N) is 2. The summed E-state index contributed by atoms with van der Waals surface area (Å²) in [6, 6.07) is 1.37. The standard InChI is InChI=1S/C8H9F3N2O2/c1-15-6-2-7(14,8(9,10)11)5(3-12)4-13-6/h4-6,14H,2H2,1H3. The van der Waals surface area contributed by atoms with E-state index in [1.165, 1.54) is 13.2 Å². The summed E-state index contributed by atoms with van der Waals surface area (Å²) in [4.78, 5) is 3.58. The molecule has 0 aromatic carbocycles. The maximum Gasteiger partial charge on any atom is 0.419 e. The molecule has 1 aliphatic heterocycles. The third-order valence-corrected chi connectivity index (χ3v) is 2.30. The van der Waals surface area contributed by atoms with Crippen LogP contribution in [0.1, 0.15) is 6.42 Å². The van der Waals surface area contributed by atoms with Gasteiger partial charge in [0, 0.05) is 19.7 Å². The molecule has 0 aromatic heterocycles. The number of halogens is 3. The quantitative estimate of drug-likeness (QED) is 0.715. The molecule has 0 aromatic rings. The van der Waals surface area contributed by atoms with Crippen molar-refractivity contribution in [2.45, 2.75) is 24.4 Å². The van der Waals surface area contributed by atoms with E-state index < -0.39 is 30.3 Å². The van der Waals surface area contributed by atoms with Crippen LogP contribution in [-0.4, -0.2) is 36.4 Å². The van der Waals surface area contributed by atoms with Gasteiger partial charge in [-0.3, -0.25) is 4.99 Å². The second-order valence-electron chi connectivity index (χ2n) is 3.22. The van der Waals surface area contributed by atoms with E-state index in [4.69, 9.17) is 5.26 Å². The summed E-state index contributed by atoms with van der Waals surface area (Å²) in [5.74, 6) is -1.69. The van der Waals surface area contributed by atoms with E-state index in [1.54, 1.807) is 0 Å². The molecule has 1 aliphatic rings. The Balaban J connectivity index is 3.06. The largest absolute Gasteiger partial charge is 0.419 e. The first-order chi connectivity index (χ1) is 6.85. The normalized spacial score (nSPS) is 36.3. The molecule has 0 spiro atoms. The number of hydrogen-bond acceptors (Lipinski definition) is 4. The fourth-order valence-electron chi connectivity index (χ4n) is 1.33. The molecule has 0 bridgehead atoms. The monoisotopic (exact) mass is 222 g/mol. The lowest BCUT2D eigenvalue weighted by atomic mass is 9.83. The highest BCUT2D eigenvalue weighted by Gasteiger charge is 2.60. The fraction of sp³-hybridized carbons (Fsp3) is 0.750. The number of methoxy groups -OCH3 is 1. The van der Waals surface area contributed by atoms with Crippen LogP contribution < -0.4 is 0 Å². The smallest absolute Gasteiger partial charge is 0.379 e. The minimum absolute atomic E-state index is 0.762. The first-order valence-electron chi connectivity index (χ1n) is 4.10. The first-order valence-corrected chi connectivity index (χ1v) is 4.10. The Kier molecular flexibility index (Phi) is 3.02. The van der Waals surface area contributed by atoms with Gasteiger partial charge >= 0.3 is 6.18 Å². The second-order valence-corrected chi connectivity index (χ2v) is 3.22. The summed E-state index contributed by atoms with van der Waals surface area (Å²) in [7, 11) is 1.19. The molecule has 15 heavy (non-hydrogen) atoms. The summed E-state index contributed by atoms with van der Waals surface area (Å²) in [6.45, 7) is 0.